The summed E-state index contributed by atoms with van der Waals surface area (Å²) in [6, 6.07) is 7.15. The standard InChI is InChI=1S/C11H12N2O2S/c1-2-15-10(14)7-16-9-5-3-4-8(6-12)11(9)13/h3-5H,2,7,13H2,1H3. The van der Waals surface area contributed by atoms with Crippen molar-refractivity contribution in [3.63, 3.8) is 0 Å². The minimum Gasteiger partial charge on any atom is -0.465 e. The molecule has 0 amide bonds. The van der Waals surface area contributed by atoms with Gasteiger partial charge < -0.3 is 10.5 Å². The molecule has 0 radical (unpaired) electrons. The van der Waals surface area contributed by atoms with Crippen molar-refractivity contribution in [2.45, 2.75) is 11.8 Å². The van der Waals surface area contributed by atoms with Crippen LogP contribution < -0.4 is 5.73 Å². The number of ether oxygens (including phenoxy) is 1. The van der Waals surface area contributed by atoms with Gasteiger partial charge in [-0.25, -0.2) is 0 Å². The van der Waals surface area contributed by atoms with Crippen LogP contribution >= 0.6 is 11.8 Å². The quantitative estimate of drug-likeness (QED) is 0.490. The Morgan fingerprint density at radius 3 is 3.00 bits per heavy atom. The summed E-state index contributed by atoms with van der Waals surface area (Å²) < 4.78 is 4.79. The molecule has 0 saturated carbocycles. The first kappa shape index (κ1) is 12.4. The summed E-state index contributed by atoms with van der Waals surface area (Å²) in [5.41, 5.74) is 6.60. The summed E-state index contributed by atoms with van der Waals surface area (Å²) in [4.78, 5) is 11.9. The Labute approximate surface area is 98.4 Å². The van der Waals surface area contributed by atoms with Crippen LogP contribution in [0.1, 0.15) is 12.5 Å². The van der Waals surface area contributed by atoms with Gasteiger partial charge in [0.05, 0.1) is 23.6 Å². The van der Waals surface area contributed by atoms with Crippen LogP contribution in [0.4, 0.5) is 5.69 Å². The van der Waals surface area contributed by atoms with E-state index < -0.39 is 0 Å². The van der Waals surface area contributed by atoms with Crippen LogP contribution in [0.2, 0.25) is 0 Å². The third-order valence-electron chi connectivity index (χ3n) is 1.84. The number of carbonyl (C=O) groups excluding carboxylic acids is 1. The lowest BCUT2D eigenvalue weighted by atomic mass is 10.2. The van der Waals surface area contributed by atoms with Crippen molar-refractivity contribution in [2.24, 2.45) is 0 Å². The van der Waals surface area contributed by atoms with Gasteiger partial charge in [-0.15, -0.1) is 11.8 Å². The second-order valence-electron chi connectivity index (χ2n) is 2.92. The molecule has 5 heteroatoms. The molecule has 0 saturated heterocycles. The lowest BCUT2D eigenvalue weighted by molar-refractivity contribution is -0.139. The smallest absolute Gasteiger partial charge is 0.316 e. The van der Waals surface area contributed by atoms with E-state index in [0.29, 0.717) is 17.9 Å². The molecule has 0 atom stereocenters. The zero-order valence-corrected chi connectivity index (χ0v) is 9.71. The van der Waals surface area contributed by atoms with E-state index in [1.807, 2.05) is 6.07 Å². The minimum absolute atomic E-state index is 0.201. The highest BCUT2D eigenvalue weighted by Crippen LogP contribution is 2.27. The van der Waals surface area contributed by atoms with E-state index in [1.165, 1.54) is 11.8 Å². The second-order valence-corrected chi connectivity index (χ2v) is 3.94. The number of hydrogen-bond acceptors (Lipinski definition) is 5. The number of benzene rings is 1. The SMILES string of the molecule is CCOC(=O)CSc1cccc(C#N)c1N. The van der Waals surface area contributed by atoms with Crippen LogP contribution in [0.5, 0.6) is 0 Å². The molecule has 16 heavy (non-hydrogen) atoms. The summed E-state index contributed by atoms with van der Waals surface area (Å²) in [6.45, 7) is 2.13. The largest absolute Gasteiger partial charge is 0.465 e. The predicted octanol–water partition coefficient (Wildman–Crippen LogP) is 1.80. The normalized spacial score (nSPS) is 9.50. The molecule has 0 unspecified atom stereocenters. The zero-order chi connectivity index (χ0) is 12.0. The number of nitriles is 1. The molecule has 0 spiro atoms. The summed E-state index contributed by atoms with van der Waals surface area (Å²) in [7, 11) is 0. The van der Waals surface area contributed by atoms with Gasteiger partial charge in [-0.1, -0.05) is 6.07 Å². The van der Waals surface area contributed by atoms with Crippen LogP contribution in [0.15, 0.2) is 23.1 Å². The van der Waals surface area contributed by atoms with Crippen molar-refractivity contribution in [3.05, 3.63) is 23.8 Å². The first-order chi connectivity index (χ1) is 7.69. The average molecular weight is 236 g/mol. The Morgan fingerprint density at radius 1 is 1.62 bits per heavy atom. The fourth-order valence-electron chi connectivity index (χ4n) is 1.11. The molecule has 2 N–H and O–H groups in total. The highest BCUT2D eigenvalue weighted by atomic mass is 32.2. The number of hydrogen-bond donors (Lipinski definition) is 1. The maximum absolute atomic E-state index is 11.1. The topological polar surface area (TPSA) is 76.1 Å². The number of carbonyl (C=O) groups is 1. The number of rotatable bonds is 4. The third kappa shape index (κ3) is 3.17. The molecule has 0 bridgehead atoms. The summed E-state index contributed by atoms with van der Waals surface area (Å²) >= 11 is 1.27. The molecular weight excluding hydrogens is 224 g/mol. The van der Waals surface area contributed by atoms with Crippen LogP contribution in [0.3, 0.4) is 0 Å². The molecule has 84 valence electrons. The Kier molecular flexibility index (Phi) is 4.67. The molecule has 4 nitrogen and oxygen atoms in total. The number of nitrogens with zero attached hydrogens (tertiary/aromatic N) is 1. The highest BCUT2D eigenvalue weighted by Gasteiger charge is 2.08. The van der Waals surface area contributed by atoms with Crippen LogP contribution in [-0.4, -0.2) is 18.3 Å². The maximum Gasteiger partial charge on any atom is 0.316 e. The fraction of sp³-hybridized carbons (Fsp3) is 0.273. The van der Waals surface area contributed by atoms with Crippen molar-refractivity contribution in [2.75, 3.05) is 18.1 Å². The zero-order valence-electron chi connectivity index (χ0n) is 8.90. The van der Waals surface area contributed by atoms with E-state index in [-0.39, 0.29) is 11.7 Å². The Morgan fingerprint density at radius 2 is 2.38 bits per heavy atom. The number of esters is 1. The average Bonchev–Trinajstić information content (AvgIpc) is 2.28. The van der Waals surface area contributed by atoms with Gasteiger partial charge in [-0.05, 0) is 19.1 Å². The van der Waals surface area contributed by atoms with E-state index in [4.69, 9.17) is 15.7 Å². The van der Waals surface area contributed by atoms with Crippen LogP contribution in [-0.2, 0) is 9.53 Å². The van der Waals surface area contributed by atoms with Gasteiger partial charge in [-0.2, -0.15) is 5.26 Å². The number of thioether (sulfide) groups is 1. The van der Waals surface area contributed by atoms with E-state index in [0.717, 1.165) is 4.90 Å². The van der Waals surface area contributed by atoms with Crippen molar-refractivity contribution in [3.8, 4) is 6.07 Å². The lowest BCUT2D eigenvalue weighted by Gasteiger charge is -2.06. The van der Waals surface area contributed by atoms with Gasteiger partial charge in [-0.3, -0.25) is 4.79 Å². The highest BCUT2D eigenvalue weighted by molar-refractivity contribution is 8.00. The molecule has 0 fully saturated rings. The Hall–Kier alpha value is -1.67. The molecule has 0 aliphatic carbocycles. The van der Waals surface area contributed by atoms with Gasteiger partial charge in [0.2, 0.25) is 0 Å². The first-order valence-corrected chi connectivity index (χ1v) is 5.74. The third-order valence-corrected chi connectivity index (χ3v) is 2.88. The van der Waals surface area contributed by atoms with Crippen molar-refractivity contribution in [1.29, 1.82) is 5.26 Å². The van der Waals surface area contributed by atoms with Gasteiger partial charge in [0.25, 0.3) is 0 Å². The monoisotopic (exact) mass is 236 g/mol. The molecule has 1 aromatic rings. The molecule has 0 heterocycles. The van der Waals surface area contributed by atoms with Gasteiger partial charge >= 0.3 is 5.97 Å². The molecule has 0 aliphatic heterocycles. The number of nitrogen functional groups attached to an aromatic ring is 1. The van der Waals surface area contributed by atoms with Gasteiger partial charge in [0.15, 0.2) is 0 Å². The van der Waals surface area contributed by atoms with E-state index in [9.17, 15) is 4.79 Å². The van der Waals surface area contributed by atoms with Gasteiger partial charge in [0, 0.05) is 4.90 Å². The van der Waals surface area contributed by atoms with Gasteiger partial charge in [0.1, 0.15) is 6.07 Å². The Bertz CT molecular complexity index is 426. The van der Waals surface area contributed by atoms with E-state index in [2.05, 4.69) is 0 Å². The summed E-state index contributed by atoms with van der Waals surface area (Å²) in [5.74, 6) is -0.0818. The Balaban J connectivity index is 2.68. The number of para-hydroxylation sites is 1. The van der Waals surface area contributed by atoms with E-state index in [1.54, 1.807) is 25.1 Å². The molecular formula is C11H12N2O2S. The van der Waals surface area contributed by atoms with Crippen molar-refractivity contribution >= 4 is 23.4 Å². The fourth-order valence-corrected chi connectivity index (χ4v) is 1.90. The molecule has 1 aromatic carbocycles. The summed E-state index contributed by atoms with van der Waals surface area (Å²) in [5, 5.41) is 8.77. The lowest BCUT2D eigenvalue weighted by Crippen LogP contribution is -2.06. The van der Waals surface area contributed by atoms with Crippen molar-refractivity contribution in [1.82, 2.24) is 0 Å². The number of anilines is 1. The van der Waals surface area contributed by atoms with Crippen LogP contribution in [0.25, 0.3) is 0 Å². The maximum atomic E-state index is 11.1. The van der Waals surface area contributed by atoms with E-state index >= 15 is 0 Å². The van der Waals surface area contributed by atoms with Crippen molar-refractivity contribution < 1.29 is 9.53 Å². The first-order valence-electron chi connectivity index (χ1n) is 4.76. The molecule has 0 aliphatic rings. The number of nitrogens with two attached hydrogens (primary N) is 1. The molecule has 1 rings (SSSR count). The summed E-state index contributed by atoms with van der Waals surface area (Å²) in [6.07, 6.45) is 0. The molecule has 0 aromatic heterocycles. The predicted molar refractivity (Wildman–Crippen MR) is 62.9 cm³/mol. The van der Waals surface area contributed by atoms with Crippen LogP contribution in [0, 0.1) is 11.3 Å². The minimum atomic E-state index is -0.283. The second kappa shape index (κ2) is 6.03.